The third kappa shape index (κ3) is 4.00. The van der Waals surface area contributed by atoms with E-state index in [4.69, 9.17) is 5.73 Å². The highest BCUT2D eigenvalue weighted by Gasteiger charge is 2.24. The smallest absolute Gasteiger partial charge is 0.227 e. The van der Waals surface area contributed by atoms with Crippen molar-refractivity contribution in [3.8, 4) is 0 Å². The van der Waals surface area contributed by atoms with Gasteiger partial charge in [0.15, 0.2) is 0 Å². The minimum atomic E-state index is -0.164. The molecule has 1 aromatic heterocycles. The zero-order chi connectivity index (χ0) is 14.4. The van der Waals surface area contributed by atoms with Crippen LogP contribution in [0.1, 0.15) is 37.2 Å². The average Bonchev–Trinajstić information content (AvgIpc) is 2.73. The number of nitrogens with two attached hydrogens (primary N) is 1. The standard InChI is InChI=1S/C15H24N4O/c1-12-17-7-6-14(18-12)10-13(11-16)15(20)19-8-4-2-3-5-9-19/h6-7,13H,2-5,8-11,16H2,1H3. The molecular formula is C15H24N4O. The van der Waals surface area contributed by atoms with Gasteiger partial charge in [0.1, 0.15) is 5.82 Å². The van der Waals surface area contributed by atoms with E-state index < -0.39 is 0 Å². The van der Waals surface area contributed by atoms with Gasteiger partial charge in [0.2, 0.25) is 5.91 Å². The van der Waals surface area contributed by atoms with Crippen molar-refractivity contribution in [3.05, 3.63) is 23.8 Å². The fourth-order valence-electron chi connectivity index (χ4n) is 2.69. The van der Waals surface area contributed by atoms with E-state index in [1.54, 1.807) is 6.20 Å². The second-order valence-corrected chi connectivity index (χ2v) is 5.47. The highest BCUT2D eigenvalue weighted by Crippen LogP contribution is 2.15. The maximum atomic E-state index is 12.6. The summed E-state index contributed by atoms with van der Waals surface area (Å²) in [6, 6.07) is 1.87. The van der Waals surface area contributed by atoms with Gasteiger partial charge in [0, 0.05) is 37.9 Å². The Balaban J connectivity index is 2.01. The summed E-state index contributed by atoms with van der Waals surface area (Å²) in [5.74, 6) is 0.758. The molecule has 1 saturated heterocycles. The van der Waals surface area contributed by atoms with Crippen LogP contribution in [-0.4, -0.2) is 40.4 Å². The van der Waals surface area contributed by atoms with E-state index >= 15 is 0 Å². The van der Waals surface area contributed by atoms with Crippen LogP contribution in [0.5, 0.6) is 0 Å². The van der Waals surface area contributed by atoms with Crippen molar-refractivity contribution in [3.63, 3.8) is 0 Å². The molecule has 0 saturated carbocycles. The molecule has 1 aliphatic heterocycles. The Hall–Kier alpha value is -1.49. The van der Waals surface area contributed by atoms with E-state index in [0.717, 1.165) is 37.4 Å². The third-order valence-electron chi connectivity index (χ3n) is 3.84. The molecule has 2 N–H and O–H groups in total. The number of likely N-dealkylation sites (tertiary alicyclic amines) is 1. The molecule has 1 unspecified atom stereocenters. The maximum absolute atomic E-state index is 12.6. The van der Waals surface area contributed by atoms with Crippen LogP contribution in [0.4, 0.5) is 0 Å². The highest BCUT2D eigenvalue weighted by molar-refractivity contribution is 5.79. The van der Waals surface area contributed by atoms with Crippen LogP contribution in [0.25, 0.3) is 0 Å². The summed E-state index contributed by atoms with van der Waals surface area (Å²) < 4.78 is 0. The van der Waals surface area contributed by atoms with E-state index in [1.807, 2.05) is 17.9 Å². The van der Waals surface area contributed by atoms with Crippen molar-refractivity contribution in [1.29, 1.82) is 0 Å². The van der Waals surface area contributed by atoms with E-state index in [-0.39, 0.29) is 11.8 Å². The molecule has 2 rings (SSSR count). The molecule has 0 aliphatic carbocycles. The molecule has 1 aromatic rings. The molecular weight excluding hydrogens is 252 g/mol. The van der Waals surface area contributed by atoms with Gasteiger partial charge in [-0.3, -0.25) is 4.79 Å². The molecule has 1 atom stereocenters. The van der Waals surface area contributed by atoms with Crippen molar-refractivity contribution >= 4 is 5.91 Å². The number of carbonyl (C=O) groups excluding carboxylic acids is 1. The zero-order valence-electron chi connectivity index (χ0n) is 12.2. The number of aryl methyl sites for hydroxylation is 1. The lowest BCUT2D eigenvalue weighted by Gasteiger charge is -2.25. The summed E-state index contributed by atoms with van der Waals surface area (Å²) in [7, 11) is 0. The number of rotatable bonds is 4. The van der Waals surface area contributed by atoms with Crippen molar-refractivity contribution in [2.24, 2.45) is 11.7 Å². The van der Waals surface area contributed by atoms with E-state index in [1.165, 1.54) is 12.8 Å². The number of hydrogen-bond donors (Lipinski definition) is 1. The summed E-state index contributed by atoms with van der Waals surface area (Å²) in [5.41, 5.74) is 6.71. The molecule has 0 spiro atoms. The molecule has 0 aromatic carbocycles. The second kappa shape index (κ2) is 7.33. The first kappa shape index (κ1) is 14.9. The second-order valence-electron chi connectivity index (χ2n) is 5.47. The lowest BCUT2D eigenvalue weighted by atomic mass is 10.0. The van der Waals surface area contributed by atoms with Crippen LogP contribution < -0.4 is 5.73 Å². The molecule has 5 nitrogen and oxygen atoms in total. The van der Waals surface area contributed by atoms with Crippen LogP contribution >= 0.6 is 0 Å². The minimum Gasteiger partial charge on any atom is -0.342 e. The first-order valence-electron chi connectivity index (χ1n) is 7.48. The van der Waals surface area contributed by atoms with E-state index in [0.29, 0.717) is 13.0 Å². The van der Waals surface area contributed by atoms with E-state index in [9.17, 15) is 4.79 Å². The monoisotopic (exact) mass is 276 g/mol. The van der Waals surface area contributed by atoms with Crippen molar-refractivity contribution < 1.29 is 4.79 Å². The first-order valence-corrected chi connectivity index (χ1v) is 7.48. The fraction of sp³-hybridized carbons (Fsp3) is 0.667. The van der Waals surface area contributed by atoms with Gasteiger partial charge in [-0.1, -0.05) is 12.8 Å². The molecule has 110 valence electrons. The van der Waals surface area contributed by atoms with Crippen LogP contribution in [-0.2, 0) is 11.2 Å². The maximum Gasteiger partial charge on any atom is 0.227 e. The Morgan fingerprint density at radius 1 is 1.35 bits per heavy atom. The van der Waals surface area contributed by atoms with Crippen LogP contribution in [0.3, 0.4) is 0 Å². The Morgan fingerprint density at radius 3 is 2.65 bits per heavy atom. The first-order chi connectivity index (χ1) is 9.70. The third-order valence-corrected chi connectivity index (χ3v) is 3.84. The van der Waals surface area contributed by atoms with Crippen molar-refractivity contribution in [1.82, 2.24) is 14.9 Å². The Bertz CT molecular complexity index is 441. The SMILES string of the molecule is Cc1nccc(CC(CN)C(=O)N2CCCCCC2)n1. The predicted octanol–water partition coefficient (Wildman–Crippen LogP) is 1.31. The number of nitrogens with zero attached hydrogens (tertiary/aromatic N) is 3. The number of amides is 1. The average molecular weight is 276 g/mol. The van der Waals surface area contributed by atoms with E-state index in [2.05, 4.69) is 9.97 Å². The van der Waals surface area contributed by atoms with Gasteiger partial charge in [-0.25, -0.2) is 9.97 Å². The van der Waals surface area contributed by atoms with Gasteiger partial charge >= 0.3 is 0 Å². The summed E-state index contributed by atoms with van der Waals surface area (Å²) in [4.78, 5) is 23.0. The molecule has 1 amide bonds. The highest BCUT2D eigenvalue weighted by atomic mass is 16.2. The van der Waals surface area contributed by atoms with Gasteiger partial charge in [-0.2, -0.15) is 0 Å². The largest absolute Gasteiger partial charge is 0.342 e. The Kier molecular flexibility index (Phi) is 5.47. The number of aromatic nitrogens is 2. The number of hydrogen-bond acceptors (Lipinski definition) is 4. The summed E-state index contributed by atoms with van der Waals surface area (Å²) >= 11 is 0. The molecule has 5 heteroatoms. The summed E-state index contributed by atoms with van der Waals surface area (Å²) in [5, 5.41) is 0. The molecule has 2 heterocycles. The minimum absolute atomic E-state index is 0.164. The van der Waals surface area contributed by atoms with Gasteiger partial charge in [0.25, 0.3) is 0 Å². The van der Waals surface area contributed by atoms with Crippen LogP contribution in [0.15, 0.2) is 12.3 Å². The van der Waals surface area contributed by atoms with Gasteiger partial charge in [-0.05, 0) is 25.8 Å². The molecule has 1 fully saturated rings. The summed E-state index contributed by atoms with van der Waals surface area (Å²) in [6.45, 7) is 3.98. The molecule has 20 heavy (non-hydrogen) atoms. The Labute approximate surface area is 120 Å². The molecule has 0 bridgehead atoms. The number of carbonyl (C=O) groups is 1. The normalized spacial score (nSPS) is 17.6. The lowest BCUT2D eigenvalue weighted by molar-refractivity contribution is -0.135. The molecule has 1 aliphatic rings. The topological polar surface area (TPSA) is 72.1 Å². The molecule has 0 radical (unpaired) electrons. The van der Waals surface area contributed by atoms with Crippen LogP contribution in [0, 0.1) is 12.8 Å². The van der Waals surface area contributed by atoms with Gasteiger partial charge in [0.05, 0.1) is 5.92 Å². The van der Waals surface area contributed by atoms with Crippen molar-refractivity contribution in [2.45, 2.75) is 39.0 Å². The van der Waals surface area contributed by atoms with Gasteiger partial charge < -0.3 is 10.6 Å². The lowest BCUT2D eigenvalue weighted by Crippen LogP contribution is -2.40. The fourth-order valence-corrected chi connectivity index (χ4v) is 2.69. The predicted molar refractivity (Wildman–Crippen MR) is 78.1 cm³/mol. The Morgan fingerprint density at radius 2 is 2.05 bits per heavy atom. The quantitative estimate of drug-likeness (QED) is 0.900. The van der Waals surface area contributed by atoms with Crippen LogP contribution in [0.2, 0.25) is 0 Å². The van der Waals surface area contributed by atoms with Crippen molar-refractivity contribution in [2.75, 3.05) is 19.6 Å². The summed E-state index contributed by atoms with van der Waals surface area (Å²) in [6.07, 6.45) is 7.01. The zero-order valence-corrected chi connectivity index (χ0v) is 12.2. The van der Waals surface area contributed by atoms with Gasteiger partial charge in [-0.15, -0.1) is 0 Å².